The summed E-state index contributed by atoms with van der Waals surface area (Å²) in [5.74, 6) is -0.528. The number of benzene rings is 3. The zero-order valence-electron chi connectivity index (χ0n) is 21.3. The van der Waals surface area contributed by atoms with Crippen molar-refractivity contribution in [2.75, 3.05) is 5.32 Å². The zero-order chi connectivity index (χ0) is 28.1. The Balaban J connectivity index is 1.35. The summed E-state index contributed by atoms with van der Waals surface area (Å²) in [6.45, 7) is 3.82. The molecule has 1 amide bonds. The highest BCUT2D eigenvalue weighted by molar-refractivity contribution is 6.30. The Bertz CT molecular complexity index is 1630. The number of hydrogen-bond acceptors (Lipinski definition) is 7. The monoisotopic (exact) mass is 552 g/mol. The lowest BCUT2D eigenvalue weighted by molar-refractivity contribution is -0.125. The summed E-state index contributed by atoms with van der Waals surface area (Å²) in [5, 5.41) is 28.0. The molecule has 0 saturated carbocycles. The van der Waals surface area contributed by atoms with Crippen LogP contribution in [0, 0.1) is 0 Å². The summed E-state index contributed by atoms with van der Waals surface area (Å²) >= 11 is 6.18. The number of hydrogen-bond donors (Lipinski definition) is 3. The summed E-state index contributed by atoms with van der Waals surface area (Å²) in [6.07, 6.45) is 6.32. The van der Waals surface area contributed by atoms with E-state index in [1.54, 1.807) is 36.4 Å². The van der Waals surface area contributed by atoms with Crippen LogP contribution in [0.3, 0.4) is 0 Å². The van der Waals surface area contributed by atoms with Crippen molar-refractivity contribution >= 4 is 40.8 Å². The van der Waals surface area contributed by atoms with E-state index in [1.807, 2.05) is 36.4 Å². The number of fused-ring (bicyclic) bond motifs is 1. The second-order valence-corrected chi connectivity index (χ2v) is 9.68. The number of nitrogens with one attached hydrogen (secondary N) is 2. The first-order valence-electron chi connectivity index (χ1n) is 12.4. The van der Waals surface area contributed by atoms with E-state index < -0.39 is 11.9 Å². The van der Waals surface area contributed by atoms with Crippen molar-refractivity contribution in [1.82, 2.24) is 25.5 Å². The van der Waals surface area contributed by atoms with Crippen LogP contribution in [0.5, 0.6) is 0 Å². The Morgan fingerprint density at radius 1 is 1.10 bits per heavy atom. The molecule has 0 aliphatic carbocycles. The minimum Gasteiger partial charge on any atom is -0.507 e. The number of nitrogens with zero attached hydrogens (tertiary/aromatic N) is 4. The van der Waals surface area contributed by atoms with Gasteiger partial charge in [-0.3, -0.25) is 9.59 Å². The van der Waals surface area contributed by atoms with Gasteiger partial charge < -0.3 is 15.7 Å². The number of aliphatic hydroxyl groups is 1. The lowest BCUT2D eigenvalue weighted by atomic mass is 9.95. The van der Waals surface area contributed by atoms with Crippen LogP contribution in [-0.2, 0) is 22.4 Å². The molecule has 0 unspecified atom stereocenters. The van der Waals surface area contributed by atoms with Crippen molar-refractivity contribution in [2.45, 2.75) is 18.9 Å². The molecule has 0 radical (unpaired) electrons. The van der Waals surface area contributed by atoms with E-state index in [-0.39, 0.29) is 18.0 Å². The molecule has 9 nitrogen and oxygen atoms in total. The summed E-state index contributed by atoms with van der Waals surface area (Å²) in [5.41, 5.74) is 4.76. The lowest BCUT2D eigenvalue weighted by Crippen LogP contribution is -2.42. The van der Waals surface area contributed by atoms with E-state index in [2.05, 4.69) is 32.7 Å². The fourth-order valence-electron chi connectivity index (χ4n) is 4.42. The molecule has 40 heavy (non-hydrogen) atoms. The molecule has 1 aromatic heterocycles. The van der Waals surface area contributed by atoms with E-state index >= 15 is 0 Å². The number of Topliss-reactive ketones (excluding diaryl/α,β-unsaturated/α-hetero) is 1. The average molecular weight is 553 g/mol. The van der Waals surface area contributed by atoms with Gasteiger partial charge in [-0.25, -0.2) is 0 Å². The molecule has 2 heterocycles. The predicted octanol–water partition coefficient (Wildman–Crippen LogP) is 4.71. The number of tetrazole rings is 1. The summed E-state index contributed by atoms with van der Waals surface area (Å²) < 4.78 is 1.46. The summed E-state index contributed by atoms with van der Waals surface area (Å²) in [6, 6.07) is 19.2. The van der Waals surface area contributed by atoms with Gasteiger partial charge in [0, 0.05) is 46.1 Å². The largest absolute Gasteiger partial charge is 0.507 e. The number of anilines is 1. The molecular formula is C30H25ClN6O3. The van der Waals surface area contributed by atoms with Crippen LogP contribution in [0.4, 0.5) is 5.69 Å². The van der Waals surface area contributed by atoms with Crippen LogP contribution < -0.4 is 10.6 Å². The minimum atomic E-state index is -0.782. The van der Waals surface area contributed by atoms with E-state index in [0.717, 1.165) is 5.56 Å². The molecular weight excluding hydrogens is 528 g/mol. The molecule has 3 N–H and O–H groups in total. The van der Waals surface area contributed by atoms with Crippen LogP contribution in [0.2, 0.25) is 5.02 Å². The quantitative estimate of drug-likeness (QED) is 0.257. The third-order valence-electron chi connectivity index (χ3n) is 6.33. The molecule has 0 fully saturated rings. The Morgan fingerprint density at radius 2 is 1.93 bits per heavy atom. The van der Waals surface area contributed by atoms with E-state index in [9.17, 15) is 14.7 Å². The molecule has 5 rings (SSSR count). The standard InChI is InChI=1S/C30H25ClN6O3/c1-19-13-28(38)24-14-21(7-10-25(24)33-19)16-29(39)26(15-20-5-3-2-4-6-20)34-30(40)12-8-22-17-23(31)9-11-27(22)37-18-32-35-36-37/h2-14,17-18,26,33,38H,1,15-16H2,(H,34,40)/b12-8+/t26-/m0/s1. The molecule has 3 aromatic carbocycles. The topological polar surface area (TPSA) is 122 Å². The second-order valence-electron chi connectivity index (χ2n) is 9.24. The van der Waals surface area contributed by atoms with Crippen LogP contribution >= 0.6 is 11.6 Å². The highest BCUT2D eigenvalue weighted by atomic mass is 35.5. The summed E-state index contributed by atoms with van der Waals surface area (Å²) in [7, 11) is 0. The van der Waals surface area contributed by atoms with Gasteiger partial charge in [0.1, 0.15) is 12.1 Å². The molecule has 0 spiro atoms. The van der Waals surface area contributed by atoms with Gasteiger partial charge >= 0.3 is 0 Å². The third-order valence-corrected chi connectivity index (χ3v) is 6.57. The van der Waals surface area contributed by atoms with E-state index in [4.69, 9.17) is 11.6 Å². The smallest absolute Gasteiger partial charge is 0.244 e. The number of aliphatic hydroxyl groups excluding tert-OH is 1. The highest BCUT2D eigenvalue weighted by Crippen LogP contribution is 2.30. The number of carbonyl (C=O) groups excluding carboxylic acids is 2. The van der Waals surface area contributed by atoms with Gasteiger partial charge in [-0.1, -0.05) is 54.6 Å². The maximum Gasteiger partial charge on any atom is 0.244 e. The third kappa shape index (κ3) is 6.33. The van der Waals surface area contributed by atoms with Crippen molar-refractivity contribution in [3.05, 3.63) is 125 Å². The SMILES string of the molecule is C=C1C=C(O)c2cc(CC(=O)[C@H](Cc3ccccc3)NC(=O)/C=C/c3cc(Cl)ccc3-n3cnnn3)ccc2N1. The van der Waals surface area contributed by atoms with Crippen molar-refractivity contribution in [3.63, 3.8) is 0 Å². The Morgan fingerprint density at radius 3 is 2.70 bits per heavy atom. The molecule has 0 saturated heterocycles. The summed E-state index contributed by atoms with van der Waals surface area (Å²) in [4.78, 5) is 26.5. The number of aromatic nitrogens is 4. The number of halogens is 1. The van der Waals surface area contributed by atoms with Crippen LogP contribution in [0.15, 0.2) is 97.5 Å². The van der Waals surface area contributed by atoms with Gasteiger partial charge in [-0.2, -0.15) is 4.68 Å². The fraction of sp³-hybridized carbons (Fsp3) is 0.100. The number of allylic oxidation sites excluding steroid dienone is 1. The van der Waals surface area contributed by atoms with Crippen molar-refractivity contribution < 1.29 is 14.7 Å². The number of rotatable bonds is 9. The van der Waals surface area contributed by atoms with Gasteiger partial charge in [0.05, 0.1) is 11.7 Å². The Labute approximate surface area is 235 Å². The Kier molecular flexibility index (Phi) is 7.84. The maximum atomic E-state index is 13.5. The predicted molar refractivity (Wildman–Crippen MR) is 154 cm³/mol. The fourth-order valence-corrected chi connectivity index (χ4v) is 4.60. The van der Waals surface area contributed by atoms with Crippen LogP contribution in [-0.4, -0.2) is 43.0 Å². The molecule has 4 aromatic rings. The van der Waals surface area contributed by atoms with Gasteiger partial charge in [-0.15, -0.1) is 5.10 Å². The van der Waals surface area contributed by atoms with Gasteiger partial charge in [0.25, 0.3) is 0 Å². The molecule has 1 aliphatic rings. The highest BCUT2D eigenvalue weighted by Gasteiger charge is 2.22. The molecule has 200 valence electrons. The van der Waals surface area contributed by atoms with Gasteiger partial charge in [-0.05, 0) is 64.4 Å². The van der Waals surface area contributed by atoms with Crippen LogP contribution in [0.25, 0.3) is 17.5 Å². The molecule has 0 bridgehead atoms. The average Bonchev–Trinajstić information content (AvgIpc) is 3.47. The molecule has 1 atom stereocenters. The van der Waals surface area contributed by atoms with E-state index in [0.29, 0.717) is 45.2 Å². The molecule has 10 heteroatoms. The van der Waals surface area contributed by atoms with Crippen molar-refractivity contribution in [3.8, 4) is 5.69 Å². The van der Waals surface area contributed by atoms with Crippen LogP contribution in [0.1, 0.15) is 22.3 Å². The maximum absolute atomic E-state index is 13.5. The molecule has 1 aliphatic heterocycles. The number of carbonyl (C=O) groups is 2. The lowest BCUT2D eigenvalue weighted by Gasteiger charge is -2.20. The van der Waals surface area contributed by atoms with Crippen molar-refractivity contribution in [1.29, 1.82) is 0 Å². The van der Waals surface area contributed by atoms with Gasteiger partial charge in [0.15, 0.2) is 5.78 Å². The Hall–Kier alpha value is -5.02. The van der Waals surface area contributed by atoms with Crippen molar-refractivity contribution in [2.24, 2.45) is 0 Å². The minimum absolute atomic E-state index is 0.0702. The normalized spacial score (nSPS) is 13.3. The number of ketones is 1. The van der Waals surface area contributed by atoms with E-state index in [1.165, 1.54) is 23.2 Å². The first kappa shape index (κ1) is 26.6. The zero-order valence-corrected chi connectivity index (χ0v) is 22.0. The van der Waals surface area contributed by atoms with Gasteiger partial charge in [0.2, 0.25) is 5.91 Å². The first-order chi connectivity index (χ1) is 19.4. The first-order valence-corrected chi connectivity index (χ1v) is 12.8. The second kappa shape index (κ2) is 11.8. The number of amides is 1.